The molecule has 0 bridgehead atoms. The summed E-state index contributed by atoms with van der Waals surface area (Å²) in [6.45, 7) is 2.99. The standard InChI is InChI=1S/C15H21N5O3/c1-10-17-14(16-7-8-21-2)20-15(18-10)19-12-6-5-11(22-3)9-13(12)23-4/h5-6,9H,7-8H2,1-4H3,(H2,16,17,18,19,20). The van der Waals surface area contributed by atoms with Crippen molar-refractivity contribution in [2.24, 2.45) is 0 Å². The summed E-state index contributed by atoms with van der Waals surface area (Å²) < 4.78 is 15.5. The molecule has 2 rings (SSSR count). The van der Waals surface area contributed by atoms with E-state index >= 15 is 0 Å². The minimum Gasteiger partial charge on any atom is -0.497 e. The van der Waals surface area contributed by atoms with Crippen molar-refractivity contribution < 1.29 is 14.2 Å². The molecule has 23 heavy (non-hydrogen) atoms. The minimum absolute atomic E-state index is 0.431. The number of methoxy groups -OCH3 is 3. The highest BCUT2D eigenvalue weighted by molar-refractivity contribution is 5.64. The molecule has 1 heterocycles. The third-order valence-electron chi connectivity index (χ3n) is 2.99. The average Bonchev–Trinajstić information content (AvgIpc) is 2.55. The maximum atomic E-state index is 5.35. The Morgan fingerprint density at radius 2 is 1.78 bits per heavy atom. The van der Waals surface area contributed by atoms with E-state index in [9.17, 15) is 0 Å². The van der Waals surface area contributed by atoms with Crippen LogP contribution in [0.5, 0.6) is 11.5 Å². The van der Waals surface area contributed by atoms with Crippen LogP contribution in [0.4, 0.5) is 17.6 Å². The van der Waals surface area contributed by atoms with Gasteiger partial charge in [-0.1, -0.05) is 0 Å². The maximum absolute atomic E-state index is 5.35. The largest absolute Gasteiger partial charge is 0.497 e. The smallest absolute Gasteiger partial charge is 0.232 e. The van der Waals surface area contributed by atoms with E-state index in [1.54, 1.807) is 34.3 Å². The average molecular weight is 319 g/mol. The normalized spacial score (nSPS) is 10.3. The molecule has 0 aliphatic rings. The maximum Gasteiger partial charge on any atom is 0.232 e. The monoisotopic (exact) mass is 319 g/mol. The van der Waals surface area contributed by atoms with E-state index in [4.69, 9.17) is 14.2 Å². The molecule has 2 N–H and O–H groups in total. The molecule has 1 aromatic heterocycles. The van der Waals surface area contributed by atoms with Crippen molar-refractivity contribution in [3.63, 3.8) is 0 Å². The van der Waals surface area contributed by atoms with Crippen LogP contribution in [-0.4, -0.2) is 49.4 Å². The Morgan fingerprint density at radius 3 is 2.48 bits per heavy atom. The van der Waals surface area contributed by atoms with Gasteiger partial charge in [0.2, 0.25) is 11.9 Å². The molecule has 8 heteroatoms. The van der Waals surface area contributed by atoms with Gasteiger partial charge in [-0.3, -0.25) is 0 Å². The second-order valence-electron chi connectivity index (χ2n) is 4.64. The first-order chi connectivity index (χ1) is 11.2. The predicted octanol–water partition coefficient (Wildman–Crippen LogP) is 2.00. The van der Waals surface area contributed by atoms with Crippen LogP contribution in [0.25, 0.3) is 0 Å². The van der Waals surface area contributed by atoms with Gasteiger partial charge in [0.1, 0.15) is 17.3 Å². The third-order valence-corrected chi connectivity index (χ3v) is 2.99. The lowest BCUT2D eigenvalue weighted by Gasteiger charge is -2.12. The van der Waals surface area contributed by atoms with Crippen molar-refractivity contribution in [2.75, 3.05) is 45.1 Å². The Bertz CT molecular complexity index is 651. The number of aryl methyl sites for hydroxylation is 1. The van der Waals surface area contributed by atoms with Crippen LogP contribution in [0.3, 0.4) is 0 Å². The van der Waals surface area contributed by atoms with Crippen molar-refractivity contribution in [3.05, 3.63) is 24.0 Å². The van der Waals surface area contributed by atoms with E-state index in [2.05, 4.69) is 25.6 Å². The van der Waals surface area contributed by atoms with Gasteiger partial charge >= 0.3 is 0 Å². The van der Waals surface area contributed by atoms with Crippen LogP contribution in [-0.2, 0) is 4.74 Å². The molecule has 0 spiro atoms. The lowest BCUT2D eigenvalue weighted by atomic mass is 10.2. The van der Waals surface area contributed by atoms with E-state index in [0.717, 1.165) is 5.69 Å². The fourth-order valence-electron chi connectivity index (χ4n) is 1.90. The van der Waals surface area contributed by atoms with Gasteiger partial charge in [0, 0.05) is 19.7 Å². The first kappa shape index (κ1) is 16.8. The number of hydrogen-bond donors (Lipinski definition) is 2. The molecular formula is C15H21N5O3. The Kier molecular flexibility index (Phi) is 5.93. The Morgan fingerprint density at radius 1 is 1.00 bits per heavy atom. The van der Waals surface area contributed by atoms with Crippen molar-refractivity contribution in [3.8, 4) is 11.5 Å². The molecule has 0 amide bonds. The van der Waals surface area contributed by atoms with Gasteiger partial charge in [0.05, 0.1) is 26.5 Å². The van der Waals surface area contributed by atoms with Crippen LogP contribution in [0.2, 0.25) is 0 Å². The van der Waals surface area contributed by atoms with Crippen molar-refractivity contribution in [2.45, 2.75) is 6.92 Å². The second-order valence-corrected chi connectivity index (χ2v) is 4.64. The Balaban J connectivity index is 2.19. The number of hydrogen-bond acceptors (Lipinski definition) is 8. The lowest BCUT2D eigenvalue weighted by molar-refractivity contribution is 0.210. The van der Waals surface area contributed by atoms with Crippen LogP contribution < -0.4 is 20.1 Å². The Labute approximate surface area is 135 Å². The van der Waals surface area contributed by atoms with E-state index in [-0.39, 0.29) is 0 Å². The summed E-state index contributed by atoms with van der Waals surface area (Å²) in [7, 11) is 4.84. The van der Waals surface area contributed by atoms with E-state index < -0.39 is 0 Å². The van der Waals surface area contributed by atoms with Gasteiger partial charge < -0.3 is 24.8 Å². The molecule has 124 valence electrons. The van der Waals surface area contributed by atoms with Gasteiger partial charge in [0.25, 0.3) is 0 Å². The number of ether oxygens (including phenoxy) is 3. The molecule has 0 saturated carbocycles. The molecular weight excluding hydrogens is 298 g/mol. The molecule has 0 unspecified atom stereocenters. The van der Waals surface area contributed by atoms with Crippen LogP contribution in [0, 0.1) is 6.92 Å². The first-order valence-corrected chi connectivity index (χ1v) is 7.10. The summed E-state index contributed by atoms with van der Waals surface area (Å²) in [6, 6.07) is 5.46. The minimum atomic E-state index is 0.431. The first-order valence-electron chi connectivity index (χ1n) is 7.10. The quantitative estimate of drug-likeness (QED) is 0.714. The molecule has 0 aliphatic heterocycles. The number of anilines is 3. The molecule has 0 fully saturated rings. The molecule has 2 aromatic rings. The fraction of sp³-hybridized carbons (Fsp3) is 0.400. The number of aromatic nitrogens is 3. The summed E-state index contributed by atoms with van der Waals surface area (Å²) in [5.41, 5.74) is 0.738. The molecule has 0 atom stereocenters. The fourth-order valence-corrected chi connectivity index (χ4v) is 1.90. The van der Waals surface area contributed by atoms with E-state index in [1.807, 2.05) is 12.1 Å². The Hall–Kier alpha value is -2.61. The SMILES string of the molecule is COCCNc1nc(C)nc(Nc2ccc(OC)cc2OC)n1. The predicted molar refractivity (Wildman–Crippen MR) is 87.8 cm³/mol. The van der Waals surface area contributed by atoms with Crippen LogP contribution in [0.1, 0.15) is 5.82 Å². The van der Waals surface area contributed by atoms with Crippen molar-refractivity contribution in [1.29, 1.82) is 0 Å². The summed E-state index contributed by atoms with van der Waals surface area (Å²) in [4.78, 5) is 12.9. The highest BCUT2D eigenvalue weighted by Crippen LogP contribution is 2.30. The second kappa shape index (κ2) is 8.14. The van der Waals surface area contributed by atoms with Gasteiger partial charge in [0.15, 0.2) is 0 Å². The molecule has 0 saturated heterocycles. The third kappa shape index (κ3) is 4.68. The zero-order valence-corrected chi connectivity index (χ0v) is 13.7. The van der Waals surface area contributed by atoms with Gasteiger partial charge in [-0.25, -0.2) is 0 Å². The zero-order valence-electron chi connectivity index (χ0n) is 13.7. The number of nitrogens with zero attached hydrogens (tertiary/aromatic N) is 3. The molecule has 8 nitrogen and oxygen atoms in total. The van der Waals surface area contributed by atoms with Crippen molar-refractivity contribution >= 4 is 17.6 Å². The summed E-state index contributed by atoms with van der Waals surface area (Å²) >= 11 is 0. The summed E-state index contributed by atoms with van der Waals surface area (Å²) in [5, 5.41) is 6.21. The number of benzene rings is 1. The topological polar surface area (TPSA) is 90.4 Å². The molecule has 0 radical (unpaired) electrons. The van der Waals surface area contributed by atoms with Gasteiger partial charge in [-0.15, -0.1) is 0 Å². The summed E-state index contributed by atoms with van der Waals surface area (Å²) in [6.07, 6.45) is 0. The zero-order chi connectivity index (χ0) is 16.7. The molecule has 0 aliphatic carbocycles. The lowest BCUT2D eigenvalue weighted by Crippen LogP contribution is -2.12. The van der Waals surface area contributed by atoms with Gasteiger partial charge in [-0.2, -0.15) is 15.0 Å². The highest BCUT2D eigenvalue weighted by Gasteiger charge is 2.09. The van der Waals surface area contributed by atoms with Crippen molar-refractivity contribution in [1.82, 2.24) is 15.0 Å². The molecule has 1 aromatic carbocycles. The summed E-state index contributed by atoms with van der Waals surface area (Å²) in [5.74, 6) is 2.87. The van der Waals surface area contributed by atoms with E-state index in [0.29, 0.717) is 42.4 Å². The number of rotatable bonds is 8. The van der Waals surface area contributed by atoms with Crippen LogP contribution >= 0.6 is 0 Å². The van der Waals surface area contributed by atoms with Crippen LogP contribution in [0.15, 0.2) is 18.2 Å². The number of nitrogens with one attached hydrogen (secondary N) is 2. The van der Waals surface area contributed by atoms with Gasteiger partial charge in [-0.05, 0) is 19.1 Å². The van der Waals surface area contributed by atoms with E-state index in [1.165, 1.54) is 0 Å². The highest BCUT2D eigenvalue weighted by atomic mass is 16.5.